The third kappa shape index (κ3) is 7.71. The van der Waals surface area contributed by atoms with Gasteiger partial charge in [-0.25, -0.2) is 17.9 Å². The molecule has 3 rings (SSSR count). The lowest BCUT2D eigenvalue weighted by atomic mass is 10.0. The van der Waals surface area contributed by atoms with Gasteiger partial charge in [0, 0.05) is 29.2 Å². The predicted octanol–water partition coefficient (Wildman–Crippen LogP) is 2.62. The highest BCUT2D eigenvalue weighted by Crippen LogP contribution is 2.32. The van der Waals surface area contributed by atoms with Crippen molar-refractivity contribution in [1.82, 2.24) is 4.72 Å². The number of aryl methyl sites for hydroxylation is 1. The Balaban J connectivity index is 1.83. The summed E-state index contributed by atoms with van der Waals surface area (Å²) >= 11 is 6.20. The summed E-state index contributed by atoms with van der Waals surface area (Å²) < 4.78 is 31.5. The van der Waals surface area contributed by atoms with E-state index < -0.39 is 34.6 Å². The molecule has 3 aromatic carbocycles. The molecule has 206 valence electrons. The second kappa shape index (κ2) is 13.5. The van der Waals surface area contributed by atoms with Gasteiger partial charge in [-0.2, -0.15) is 0 Å². The zero-order chi connectivity index (χ0) is 28.6. The molecule has 0 saturated heterocycles. The number of carbonyl (C=O) groups excluding carboxylic acids is 3. The van der Waals surface area contributed by atoms with E-state index in [9.17, 15) is 27.9 Å². The van der Waals surface area contributed by atoms with E-state index in [0.717, 1.165) is 12.0 Å². The van der Waals surface area contributed by atoms with E-state index in [1.165, 1.54) is 30.3 Å². The number of rotatable bonds is 11. The average molecular weight is 575 g/mol. The highest BCUT2D eigenvalue weighted by molar-refractivity contribution is 7.89. The predicted molar refractivity (Wildman–Crippen MR) is 144 cm³/mol. The number of para-hydroxylation sites is 1. The van der Waals surface area contributed by atoms with Gasteiger partial charge in [0.25, 0.3) is 0 Å². The van der Waals surface area contributed by atoms with E-state index in [4.69, 9.17) is 16.7 Å². The van der Waals surface area contributed by atoms with Crippen molar-refractivity contribution in [2.75, 3.05) is 25.2 Å². The number of Topliss-reactive ketones (excluding diaryl/α,β-unsaturated/α-hetero) is 1. The maximum absolute atomic E-state index is 13.3. The molecule has 1 unspecified atom stereocenters. The molecular weight excluding hydrogens is 548 g/mol. The fraction of sp³-hybridized carbons (Fsp3) is 0.222. The number of hydrogen-bond donors (Lipinski definition) is 3. The summed E-state index contributed by atoms with van der Waals surface area (Å²) in [5.74, 6) is -2.46. The Morgan fingerprint density at radius 1 is 1.03 bits per heavy atom. The van der Waals surface area contributed by atoms with Crippen LogP contribution in [0.5, 0.6) is 0 Å². The Morgan fingerprint density at radius 2 is 1.69 bits per heavy atom. The van der Waals surface area contributed by atoms with Crippen LogP contribution in [0.15, 0.2) is 77.7 Å². The van der Waals surface area contributed by atoms with Gasteiger partial charge in [-0.15, -0.1) is 0 Å². The highest BCUT2D eigenvalue weighted by atomic mass is 35.5. The fourth-order valence-corrected chi connectivity index (χ4v) is 4.87. The number of hydrogen-bond acceptors (Lipinski definition) is 8. The Labute approximate surface area is 230 Å². The van der Waals surface area contributed by atoms with Crippen molar-refractivity contribution in [3.8, 4) is 0 Å². The lowest BCUT2D eigenvalue weighted by Gasteiger charge is -2.24. The van der Waals surface area contributed by atoms with Crippen molar-refractivity contribution in [2.24, 2.45) is 0 Å². The van der Waals surface area contributed by atoms with Crippen molar-refractivity contribution in [2.45, 2.75) is 23.8 Å². The minimum atomic E-state index is -3.90. The minimum absolute atomic E-state index is 0.0106. The summed E-state index contributed by atoms with van der Waals surface area (Å²) in [5, 5.41) is 18.5. The zero-order valence-electron chi connectivity index (χ0n) is 20.9. The second-order valence-electron chi connectivity index (χ2n) is 8.38. The maximum Gasteiger partial charge on any atom is 0.397 e. The third-order valence-electron chi connectivity index (χ3n) is 5.67. The van der Waals surface area contributed by atoms with Gasteiger partial charge in [-0.1, -0.05) is 41.9 Å². The van der Waals surface area contributed by atoms with Crippen LogP contribution in [0.25, 0.3) is 0 Å². The van der Waals surface area contributed by atoms with Crippen LogP contribution in [0, 0.1) is 0 Å². The molecule has 0 spiro atoms. The van der Waals surface area contributed by atoms with E-state index in [1.54, 1.807) is 42.5 Å². The summed E-state index contributed by atoms with van der Waals surface area (Å²) in [6.07, 6.45) is -0.950. The van der Waals surface area contributed by atoms with Crippen LogP contribution in [0.4, 0.5) is 11.4 Å². The zero-order valence-corrected chi connectivity index (χ0v) is 22.5. The number of esters is 1. The molecule has 0 bridgehead atoms. The molecule has 0 radical (unpaired) electrons. The van der Waals surface area contributed by atoms with Crippen molar-refractivity contribution >= 4 is 50.7 Å². The van der Waals surface area contributed by atoms with Gasteiger partial charge in [-0.05, 0) is 54.4 Å². The van der Waals surface area contributed by atoms with Gasteiger partial charge in [0.15, 0.2) is 5.78 Å². The molecule has 0 aliphatic carbocycles. The molecule has 12 heteroatoms. The highest BCUT2D eigenvalue weighted by Gasteiger charge is 2.29. The van der Waals surface area contributed by atoms with Gasteiger partial charge in [0.1, 0.15) is 0 Å². The number of carbonyl (C=O) groups is 3. The monoisotopic (exact) mass is 574 g/mol. The number of nitrogens with one attached hydrogen (secondary N) is 1. The summed E-state index contributed by atoms with van der Waals surface area (Å²) in [5.41, 5.74) is 1.29. The number of methoxy groups -OCH3 is 1. The van der Waals surface area contributed by atoms with Crippen LogP contribution in [0.3, 0.4) is 0 Å². The fourth-order valence-electron chi connectivity index (χ4n) is 3.63. The average Bonchev–Trinajstić information content (AvgIpc) is 2.95. The molecular formula is C27H27ClN2O8S. The first-order valence-electron chi connectivity index (χ1n) is 11.7. The number of aliphatic hydroxyl groups is 2. The van der Waals surface area contributed by atoms with Crippen molar-refractivity contribution in [1.29, 1.82) is 0 Å². The second-order valence-corrected chi connectivity index (χ2v) is 10.6. The van der Waals surface area contributed by atoms with Crippen LogP contribution in [0.1, 0.15) is 22.3 Å². The van der Waals surface area contributed by atoms with Crippen molar-refractivity contribution < 1.29 is 37.8 Å². The van der Waals surface area contributed by atoms with Crippen molar-refractivity contribution in [3.63, 3.8) is 0 Å². The summed E-state index contributed by atoms with van der Waals surface area (Å²) in [4.78, 5) is 39.5. The van der Waals surface area contributed by atoms with Crippen LogP contribution in [-0.4, -0.2) is 62.7 Å². The van der Waals surface area contributed by atoms with E-state index in [1.807, 2.05) is 0 Å². The largest absolute Gasteiger partial charge is 0.462 e. The van der Waals surface area contributed by atoms with Gasteiger partial charge < -0.3 is 14.9 Å². The number of halogens is 1. The smallest absolute Gasteiger partial charge is 0.397 e. The first-order valence-corrected chi connectivity index (χ1v) is 13.6. The molecule has 0 aliphatic heterocycles. The first-order chi connectivity index (χ1) is 18.6. The van der Waals surface area contributed by atoms with E-state index >= 15 is 0 Å². The Bertz CT molecular complexity index is 1430. The number of benzene rings is 3. The molecule has 0 saturated carbocycles. The Morgan fingerprint density at radius 3 is 2.31 bits per heavy atom. The number of ketones is 1. The van der Waals surface area contributed by atoms with Crippen LogP contribution in [-0.2, 0) is 30.8 Å². The van der Waals surface area contributed by atoms with Crippen LogP contribution >= 0.6 is 11.6 Å². The van der Waals surface area contributed by atoms with E-state index in [-0.39, 0.29) is 46.3 Å². The molecule has 0 aromatic heterocycles. The molecule has 3 N–H and O–H groups in total. The topological polar surface area (TPSA) is 150 Å². The SMILES string of the molecule is COC(=O)C(=O)N(c1ccccc1)c1cc(Cl)ccc1C(=O)CCc1ccc(S(=O)(=O)NCC(O)CO)cc1. The molecule has 39 heavy (non-hydrogen) atoms. The molecule has 0 aliphatic rings. The number of sulfonamides is 1. The number of amides is 1. The van der Waals surface area contributed by atoms with Gasteiger partial charge in [0.05, 0.1) is 30.4 Å². The number of aliphatic hydroxyl groups excluding tert-OH is 2. The summed E-state index contributed by atoms with van der Waals surface area (Å²) in [7, 11) is -2.81. The van der Waals surface area contributed by atoms with Crippen LogP contribution < -0.4 is 9.62 Å². The minimum Gasteiger partial charge on any atom is -0.462 e. The van der Waals surface area contributed by atoms with E-state index in [0.29, 0.717) is 11.3 Å². The lowest BCUT2D eigenvalue weighted by Crippen LogP contribution is -2.34. The van der Waals surface area contributed by atoms with Gasteiger partial charge in [-0.3, -0.25) is 14.5 Å². The lowest BCUT2D eigenvalue weighted by molar-refractivity contribution is -0.151. The molecule has 0 heterocycles. The number of ether oxygens (including phenoxy) is 1. The van der Waals surface area contributed by atoms with Crippen LogP contribution in [0.2, 0.25) is 5.02 Å². The molecule has 10 nitrogen and oxygen atoms in total. The normalized spacial score (nSPS) is 12.0. The molecule has 1 atom stereocenters. The third-order valence-corrected chi connectivity index (χ3v) is 7.35. The standard InChI is InChI=1S/C27H27ClN2O8S/c1-38-27(35)26(34)30(20-5-3-2-4-6-20)24-15-19(28)10-13-23(24)25(33)14-9-18-7-11-22(12-8-18)39(36,37)29-16-21(32)17-31/h2-8,10-13,15,21,29,31-32H,9,14,16-17H2,1H3. The Hall–Kier alpha value is -3.61. The molecule has 0 fully saturated rings. The Kier molecular flexibility index (Phi) is 10.3. The number of anilines is 2. The first kappa shape index (κ1) is 29.9. The molecule has 3 aromatic rings. The summed E-state index contributed by atoms with van der Waals surface area (Å²) in [6, 6.07) is 18.5. The quantitative estimate of drug-likeness (QED) is 0.180. The summed E-state index contributed by atoms with van der Waals surface area (Å²) in [6.45, 7) is -0.915. The maximum atomic E-state index is 13.3. The van der Waals surface area contributed by atoms with Gasteiger partial charge >= 0.3 is 11.9 Å². The van der Waals surface area contributed by atoms with Gasteiger partial charge in [0.2, 0.25) is 10.0 Å². The van der Waals surface area contributed by atoms with E-state index in [2.05, 4.69) is 9.46 Å². The number of nitrogens with zero attached hydrogens (tertiary/aromatic N) is 1. The van der Waals surface area contributed by atoms with Crippen molar-refractivity contribution in [3.05, 3.63) is 88.9 Å². The molecule has 1 amide bonds.